The number of hydrogen-bond acceptors (Lipinski definition) is 4. The van der Waals surface area contributed by atoms with Crippen LogP contribution in [0, 0.1) is 0 Å². The predicted molar refractivity (Wildman–Crippen MR) is 234 cm³/mol. The molecule has 0 aliphatic carbocycles. The van der Waals surface area contributed by atoms with Gasteiger partial charge in [0.05, 0.1) is 11.0 Å². The van der Waals surface area contributed by atoms with Gasteiger partial charge in [-0.1, -0.05) is 158 Å². The van der Waals surface area contributed by atoms with Gasteiger partial charge in [0.15, 0.2) is 11.6 Å². The van der Waals surface area contributed by atoms with Gasteiger partial charge in [0.1, 0.15) is 0 Å². The largest absolute Gasteiger partial charge is 0.278 e. The Balaban J connectivity index is 1.08. The number of thiophene rings is 1. The Hall–Kier alpha value is -7.21. The van der Waals surface area contributed by atoms with E-state index in [2.05, 4.69) is 180 Å². The van der Waals surface area contributed by atoms with Crippen molar-refractivity contribution < 1.29 is 0 Å². The monoisotopic (exact) mass is 732 g/mol. The lowest BCUT2D eigenvalue weighted by atomic mass is 9.99. The molecule has 0 aliphatic rings. The third-order valence-electron chi connectivity index (χ3n) is 10.7. The summed E-state index contributed by atoms with van der Waals surface area (Å²) in [6.45, 7) is 0. The second kappa shape index (κ2) is 13.3. The average molecular weight is 733 g/mol. The van der Waals surface area contributed by atoms with Crippen LogP contribution in [0.4, 0.5) is 0 Å². The number of fused-ring (bicyclic) bond motifs is 6. The highest BCUT2D eigenvalue weighted by atomic mass is 32.1. The van der Waals surface area contributed by atoms with E-state index in [0.717, 1.165) is 37.6 Å². The van der Waals surface area contributed by atoms with E-state index in [4.69, 9.17) is 15.0 Å². The van der Waals surface area contributed by atoms with Crippen molar-refractivity contribution >= 4 is 53.3 Å². The molecule has 11 rings (SSSR count). The summed E-state index contributed by atoms with van der Waals surface area (Å²) in [6, 6.07) is 68.6. The summed E-state index contributed by atoms with van der Waals surface area (Å²) < 4.78 is 4.58. The first kappa shape index (κ1) is 32.2. The first-order valence-electron chi connectivity index (χ1n) is 18.8. The third-order valence-corrected chi connectivity index (χ3v) is 11.9. The Morgan fingerprint density at radius 1 is 0.339 bits per heavy atom. The second-order valence-corrected chi connectivity index (χ2v) is 15.1. The maximum absolute atomic E-state index is 5.32. The van der Waals surface area contributed by atoms with Crippen LogP contribution in [-0.2, 0) is 0 Å². The van der Waals surface area contributed by atoms with Gasteiger partial charge >= 0.3 is 0 Å². The van der Waals surface area contributed by atoms with Crippen LogP contribution in [-0.4, -0.2) is 19.5 Å². The molecule has 3 heterocycles. The lowest BCUT2D eigenvalue weighted by molar-refractivity contribution is 0.954. The van der Waals surface area contributed by atoms with E-state index in [1.165, 1.54) is 48.9 Å². The number of rotatable bonds is 6. The molecule has 0 amide bonds. The molecule has 0 spiro atoms. The summed E-state index contributed by atoms with van der Waals surface area (Å²) in [5.41, 5.74) is 11.2. The molecule has 0 aliphatic heterocycles. The molecule has 0 unspecified atom stereocenters. The lowest BCUT2D eigenvalue weighted by Gasteiger charge is -2.11. The summed E-state index contributed by atoms with van der Waals surface area (Å²) >= 11 is 1.79. The van der Waals surface area contributed by atoms with Gasteiger partial charge in [0.25, 0.3) is 0 Å². The molecule has 0 saturated carbocycles. The fraction of sp³-hybridized carbons (Fsp3) is 0. The molecule has 5 heteroatoms. The summed E-state index contributed by atoms with van der Waals surface area (Å²) in [6.07, 6.45) is 0. The van der Waals surface area contributed by atoms with Crippen molar-refractivity contribution in [3.63, 3.8) is 0 Å². The van der Waals surface area contributed by atoms with Gasteiger partial charge in [-0.05, 0) is 69.8 Å². The van der Waals surface area contributed by atoms with Crippen LogP contribution in [0.15, 0.2) is 194 Å². The van der Waals surface area contributed by atoms with Crippen molar-refractivity contribution in [3.05, 3.63) is 194 Å². The van der Waals surface area contributed by atoms with E-state index in [-0.39, 0.29) is 0 Å². The third kappa shape index (κ3) is 5.48. The topological polar surface area (TPSA) is 43.6 Å². The summed E-state index contributed by atoms with van der Waals surface area (Å²) in [5.74, 6) is 1.87. The minimum atomic E-state index is 0.590. The fourth-order valence-corrected chi connectivity index (χ4v) is 9.13. The normalized spacial score (nSPS) is 11.6. The number of hydrogen-bond donors (Lipinski definition) is 0. The second-order valence-electron chi connectivity index (χ2n) is 14.0. The van der Waals surface area contributed by atoms with Crippen LogP contribution >= 0.6 is 11.3 Å². The standard InChI is InChI=1S/C51H32N4S/c1-4-13-33(14-5-1)35-23-25-36(26-24-35)39-28-30-47-44(32-39)41-20-12-21-42(48(41)56-47)50-52-49(37-17-8-3-9-18-37)53-51(54-50)55-45-22-11-10-19-40(45)43-31-38(27-29-46(43)55)34-15-6-2-7-16-34/h1-32H. The van der Waals surface area contributed by atoms with E-state index in [1.807, 2.05) is 18.2 Å². The quantitative estimate of drug-likeness (QED) is 0.171. The molecule has 262 valence electrons. The van der Waals surface area contributed by atoms with Crippen LogP contribution in [0.3, 0.4) is 0 Å². The van der Waals surface area contributed by atoms with Crippen molar-refractivity contribution in [2.24, 2.45) is 0 Å². The molecule has 0 saturated heterocycles. The lowest BCUT2D eigenvalue weighted by Crippen LogP contribution is -2.06. The maximum atomic E-state index is 5.32. The van der Waals surface area contributed by atoms with Gasteiger partial charge in [0.2, 0.25) is 5.95 Å². The molecule has 8 aromatic carbocycles. The average Bonchev–Trinajstić information content (AvgIpc) is 3.82. The van der Waals surface area contributed by atoms with Crippen molar-refractivity contribution in [3.8, 4) is 62.1 Å². The number of benzene rings is 8. The Bertz CT molecular complexity index is 3220. The predicted octanol–water partition coefficient (Wildman–Crippen LogP) is 13.7. The zero-order valence-corrected chi connectivity index (χ0v) is 31.0. The Morgan fingerprint density at radius 3 is 1.59 bits per heavy atom. The molecule has 4 nitrogen and oxygen atoms in total. The summed E-state index contributed by atoms with van der Waals surface area (Å²) in [5, 5.41) is 4.73. The summed E-state index contributed by atoms with van der Waals surface area (Å²) in [7, 11) is 0. The zero-order valence-electron chi connectivity index (χ0n) is 30.2. The van der Waals surface area contributed by atoms with Gasteiger partial charge in [-0.3, -0.25) is 4.57 Å². The first-order chi connectivity index (χ1) is 27.7. The smallest absolute Gasteiger partial charge is 0.238 e. The van der Waals surface area contributed by atoms with Gasteiger partial charge in [0, 0.05) is 42.1 Å². The number of aromatic nitrogens is 4. The highest BCUT2D eigenvalue weighted by Gasteiger charge is 2.20. The minimum absolute atomic E-state index is 0.590. The van der Waals surface area contributed by atoms with Crippen molar-refractivity contribution in [1.82, 2.24) is 19.5 Å². The van der Waals surface area contributed by atoms with Gasteiger partial charge in [-0.15, -0.1) is 11.3 Å². The molecular weight excluding hydrogens is 701 g/mol. The van der Waals surface area contributed by atoms with Crippen molar-refractivity contribution in [2.45, 2.75) is 0 Å². The van der Waals surface area contributed by atoms with Crippen molar-refractivity contribution in [1.29, 1.82) is 0 Å². The summed E-state index contributed by atoms with van der Waals surface area (Å²) in [4.78, 5) is 15.7. The Kier molecular flexibility index (Phi) is 7.64. The van der Waals surface area contributed by atoms with Gasteiger partial charge in [-0.25, -0.2) is 4.98 Å². The highest BCUT2D eigenvalue weighted by Crippen LogP contribution is 2.42. The molecule has 0 fully saturated rings. The Morgan fingerprint density at radius 2 is 0.857 bits per heavy atom. The van der Waals surface area contributed by atoms with Gasteiger partial charge < -0.3 is 0 Å². The van der Waals surface area contributed by atoms with E-state index in [9.17, 15) is 0 Å². The molecular formula is C51H32N4S. The SMILES string of the molecule is c1ccc(-c2ccc(-c3ccc4sc5c(-c6nc(-c7ccccc7)nc(-n7c8ccccc8c8cc(-c9ccccc9)ccc87)n6)cccc5c4c3)cc2)cc1. The van der Waals surface area contributed by atoms with Crippen LogP contribution in [0.5, 0.6) is 0 Å². The number of para-hydroxylation sites is 1. The van der Waals surface area contributed by atoms with E-state index >= 15 is 0 Å². The fourth-order valence-electron chi connectivity index (χ4n) is 7.94. The maximum Gasteiger partial charge on any atom is 0.238 e. The first-order valence-corrected chi connectivity index (χ1v) is 19.6. The van der Waals surface area contributed by atoms with Gasteiger partial charge in [-0.2, -0.15) is 9.97 Å². The van der Waals surface area contributed by atoms with Crippen LogP contribution in [0.2, 0.25) is 0 Å². The Labute approximate surface area is 327 Å². The van der Waals surface area contributed by atoms with E-state index in [0.29, 0.717) is 17.6 Å². The van der Waals surface area contributed by atoms with Crippen LogP contribution in [0.25, 0.3) is 104 Å². The van der Waals surface area contributed by atoms with E-state index in [1.54, 1.807) is 11.3 Å². The molecule has 56 heavy (non-hydrogen) atoms. The van der Waals surface area contributed by atoms with Crippen molar-refractivity contribution in [2.75, 3.05) is 0 Å². The van der Waals surface area contributed by atoms with E-state index < -0.39 is 0 Å². The van der Waals surface area contributed by atoms with Crippen LogP contribution in [0.1, 0.15) is 0 Å². The molecule has 0 atom stereocenters. The molecule has 11 aromatic rings. The highest BCUT2D eigenvalue weighted by molar-refractivity contribution is 7.26. The number of nitrogens with zero attached hydrogens (tertiary/aromatic N) is 4. The molecule has 3 aromatic heterocycles. The minimum Gasteiger partial charge on any atom is -0.278 e. The zero-order chi connectivity index (χ0) is 37.0. The molecule has 0 bridgehead atoms. The molecule has 0 radical (unpaired) electrons. The van der Waals surface area contributed by atoms with Crippen LogP contribution < -0.4 is 0 Å². The molecule has 0 N–H and O–H groups in total.